The fourth-order valence-corrected chi connectivity index (χ4v) is 2.01. The van der Waals surface area contributed by atoms with Gasteiger partial charge in [0.25, 0.3) is 0 Å². The molecule has 84 valence electrons. The van der Waals surface area contributed by atoms with Crippen molar-refractivity contribution in [3.05, 3.63) is 0 Å². The van der Waals surface area contributed by atoms with Crippen molar-refractivity contribution in [3.8, 4) is 12.3 Å². The summed E-state index contributed by atoms with van der Waals surface area (Å²) in [5.74, 6) is 3.23. The van der Waals surface area contributed by atoms with Gasteiger partial charge in [-0.05, 0) is 18.8 Å². The minimum absolute atomic E-state index is 0.0162. The van der Waals surface area contributed by atoms with Gasteiger partial charge in [-0.15, -0.1) is 12.3 Å². The van der Waals surface area contributed by atoms with E-state index >= 15 is 0 Å². The highest BCUT2D eigenvalue weighted by Crippen LogP contribution is 2.20. The number of nitrogens with two attached hydrogens (primary N) is 1. The number of hydrogen-bond donors (Lipinski definition) is 1. The lowest BCUT2D eigenvalue weighted by atomic mass is 9.94. The minimum Gasteiger partial charge on any atom is -0.341 e. The van der Waals surface area contributed by atoms with Crippen molar-refractivity contribution in [2.45, 2.75) is 38.6 Å². The molecule has 1 aliphatic heterocycles. The molecule has 15 heavy (non-hydrogen) atoms. The standard InChI is InChI=1S/C12H20N2O/c1-3-5-11(13)12(15)14-8-6-10(4-2)7-9-14/h1,10-11H,4-9,13H2,2H3. The van der Waals surface area contributed by atoms with Gasteiger partial charge in [-0.1, -0.05) is 13.3 Å². The number of amides is 1. The number of nitrogens with zero attached hydrogens (tertiary/aromatic N) is 1. The third-order valence-corrected chi connectivity index (χ3v) is 3.16. The monoisotopic (exact) mass is 208 g/mol. The molecule has 1 amide bonds. The topological polar surface area (TPSA) is 46.3 Å². The molecule has 1 unspecified atom stereocenters. The first-order valence-corrected chi connectivity index (χ1v) is 5.66. The zero-order valence-electron chi connectivity index (χ0n) is 9.41. The number of hydrogen-bond acceptors (Lipinski definition) is 2. The summed E-state index contributed by atoms with van der Waals surface area (Å²) >= 11 is 0. The Hall–Kier alpha value is -1.01. The van der Waals surface area contributed by atoms with Crippen LogP contribution in [0.1, 0.15) is 32.6 Å². The van der Waals surface area contributed by atoms with E-state index in [9.17, 15) is 4.79 Å². The second kappa shape index (κ2) is 5.77. The van der Waals surface area contributed by atoms with E-state index in [2.05, 4.69) is 12.8 Å². The molecule has 1 saturated heterocycles. The predicted octanol–water partition coefficient (Wildman–Crippen LogP) is 0.986. The van der Waals surface area contributed by atoms with Gasteiger partial charge in [-0.2, -0.15) is 0 Å². The first-order valence-electron chi connectivity index (χ1n) is 5.66. The molecule has 1 atom stereocenters. The maximum atomic E-state index is 11.8. The van der Waals surface area contributed by atoms with E-state index in [-0.39, 0.29) is 5.91 Å². The molecule has 1 aliphatic rings. The van der Waals surface area contributed by atoms with Crippen LogP contribution in [0.3, 0.4) is 0 Å². The summed E-state index contributed by atoms with van der Waals surface area (Å²) in [5, 5.41) is 0. The molecule has 2 N–H and O–H groups in total. The largest absolute Gasteiger partial charge is 0.341 e. The normalized spacial score (nSPS) is 19.7. The molecule has 3 nitrogen and oxygen atoms in total. The molecule has 3 heteroatoms. The molecular formula is C12H20N2O. The van der Waals surface area contributed by atoms with E-state index in [1.165, 1.54) is 6.42 Å². The highest BCUT2D eigenvalue weighted by Gasteiger charge is 2.24. The van der Waals surface area contributed by atoms with Crippen LogP contribution in [0.25, 0.3) is 0 Å². The maximum Gasteiger partial charge on any atom is 0.240 e. The van der Waals surface area contributed by atoms with Gasteiger partial charge in [0.05, 0.1) is 6.04 Å². The van der Waals surface area contributed by atoms with Gasteiger partial charge in [0, 0.05) is 19.5 Å². The maximum absolute atomic E-state index is 11.8. The second-order valence-corrected chi connectivity index (χ2v) is 4.19. The van der Waals surface area contributed by atoms with Crippen molar-refractivity contribution in [1.82, 2.24) is 4.90 Å². The fourth-order valence-electron chi connectivity index (χ4n) is 2.01. The van der Waals surface area contributed by atoms with Gasteiger partial charge in [0.2, 0.25) is 5.91 Å². The number of likely N-dealkylation sites (tertiary alicyclic amines) is 1. The summed E-state index contributed by atoms with van der Waals surface area (Å²) in [6.07, 6.45) is 8.89. The quantitative estimate of drug-likeness (QED) is 0.703. The third-order valence-electron chi connectivity index (χ3n) is 3.16. The van der Waals surface area contributed by atoms with Gasteiger partial charge in [0.1, 0.15) is 0 Å². The lowest BCUT2D eigenvalue weighted by Gasteiger charge is -2.32. The SMILES string of the molecule is C#CCC(N)C(=O)N1CCC(CC)CC1. The molecule has 0 aromatic rings. The Labute approximate surface area is 92.0 Å². The molecule has 0 radical (unpaired) electrons. The van der Waals surface area contributed by atoms with Crippen LogP contribution in [0.15, 0.2) is 0 Å². The Balaban J connectivity index is 2.40. The summed E-state index contributed by atoms with van der Waals surface area (Å²) in [4.78, 5) is 13.6. The Morgan fingerprint density at radius 3 is 2.67 bits per heavy atom. The number of piperidine rings is 1. The zero-order chi connectivity index (χ0) is 11.3. The molecule has 0 spiro atoms. The Bertz CT molecular complexity index is 249. The average Bonchev–Trinajstić information content (AvgIpc) is 2.28. The smallest absolute Gasteiger partial charge is 0.240 e. The molecule has 1 heterocycles. The van der Waals surface area contributed by atoms with Crippen molar-refractivity contribution >= 4 is 5.91 Å². The predicted molar refractivity (Wildman–Crippen MR) is 61.0 cm³/mol. The van der Waals surface area contributed by atoms with Crippen molar-refractivity contribution in [3.63, 3.8) is 0 Å². The molecule has 0 saturated carbocycles. The van der Waals surface area contributed by atoms with Crippen molar-refractivity contribution in [2.75, 3.05) is 13.1 Å². The van der Waals surface area contributed by atoms with Gasteiger partial charge in [-0.3, -0.25) is 4.79 Å². The first kappa shape index (κ1) is 12.1. The number of rotatable bonds is 3. The molecular weight excluding hydrogens is 188 g/mol. The lowest BCUT2D eigenvalue weighted by molar-refractivity contribution is -0.133. The van der Waals surface area contributed by atoms with Gasteiger partial charge < -0.3 is 10.6 Å². The third kappa shape index (κ3) is 3.24. The van der Waals surface area contributed by atoms with Crippen LogP contribution in [-0.4, -0.2) is 29.9 Å². The number of terminal acetylenes is 1. The van der Waals surface area contributed by atoms with E-state index in [1.807, 2.05) is 4.90 Å². The molecule has 1 rings (SSSR count). The summed E-state index contributed by atoms with van der Waals surface area (Å²) in [7, 11) is 0. The van der Waals surface area contributed by atoms with Gasteiger partial charge in [0.15, 0.2) is 0 Å². The van der Waals surface area contributed by atoms with E-state index < -0.39 is 6.04 Å². The van der Waals surface area contributed by atoms with Crippen molar-refractivity contribution in [2.24, 2.45) is 11.7 Å². The van der Waals surface area contributed by atoms with Crippen LogP contribution in [0.5, 0.6) is 0 Å². The number of carbonyl (C=O) groups excluding carboxylic acids is 1. The van der Waals surface area contributed by atoms with Crippen LogP contribution in [0.2, 0.25) is 0 Å². The van der Waals surface area contributed by atoms with Crippen LogP contribution in [-0.2, 0) is 4.79 Å². The Morgan fingerprint density at radius 2 is 2.20 bits per heavy atom. The number of carbonyl (C=O) groups is 1. The molecule has 1 fully saturated rings. The molecule has 0 aliphatic carbocycles. The van der Waals surface area contributed by atoms with Crippen molar-refractivity contribution < 1.29 is 4.79 Å². The van der Waals surface area contributed by atoms with Crippen molar-refractivity contribution in [1.29, 1.82) is 0 Å². The second-order valence-electron chi connectivity index (χ2n) is 4.19. The van der Waals surface area contributed by atoms with Gasteiger partial charge in [-0.25, -0.2) is 0 Å². The average molecular weight is 208 g/mol. The van der Waals surface area contributed by atoms with E-state index in [0.29, 0.717) is 6.42 Å². The molecule has 0 bridgehead atoms. The Kier molecular flexibility index (Phi) is 4.64. The van der Waals surface area contributed by atoms with Crippen LogP contribution >= 0.6 is 0 Å². The van der Waals surface area contributed by atoms with E-state index in [1.54, 1.807) is 0 Å². The fraction of sp³-hybridized carbons (Fsp3) is 0.750. The summed E-state index contributed by atoms with van der Waals surface area (Å²) in [6.45, 7) is 3.89. The summed E-state index contributed by atoms with van der Waals surface area (Å²) < 4.78 is 0. The van der Waals surface area contributed by atoms with E-state index in [0.717, 1.165) is 31.8 Å². The summed E-state index contributed by atoms with van der Waals surface area (Å²) in [6, 6.07) is -0.506. The first-order chi connectivity index (χ1) is 7.19. The van der Waals surface area contributed by atoms with E-state index in [4.69, 9.17) is 12.2 Å². The lowest BCUT2D eigenvalue weighted by Crippen LogP contribution is -2.47. The van der Waals surface area contributed by atoms with Gasteiger partial charge >= 0.3 is 0 Å². The molecule has 0 aromatic heterocycles. The highest BCUT2D eigenvalue weighted by atomic mass is 16.2. The Morgan fingerprint density at radius 1 is 1.60 bits per heavy atom. The highest BCUT2D eigenvalue weighted by molar-refractivity contribution is 5.82. The zero-order valence-corrected chi connectivity index (χ0v) is 9.41. The van der Waals surface area contributed by atoms with Crippen LogP contribution in [0.4, 0.5) is 0 Å². The summed E-state index contributed by atoms with van der Waals surface area (Å²) in [5.41, 5.74) is 5.69. The minimum atomic E-state index is -0.506. The van der Waals surface area contributed by atoms with Crippen LogP contribution < -0.4 is 5.73 Å². The molecule has 0 aromatic carbocycles. The van der Waals surface area contributed by atoms with Crippen LogP contribution in [0, 0.1) is 18.3 Å².